The van der Waals surface area contributed by atoms with Gasteiger partial charge in [-0.05, 0) is 13.0 Å². The van der Waals surface area contributed by atoms with Gasteiger partial charge in [-0.25, -0.2) is 0 Å². The van der Waals surface area contributed by atoms with Gasteiger partial charge in [0.05, 0.1) is 11.2 Å². The summed E-state index contributed by atoms with van der Waals surface area (Å²) in [6.07, 6.45) is 5.68. The first-order valence-electron chi connectivity index (χ1n) is 5.27. The van der Waals surface area contributed by atoms with Crippen molar-refractivity contribution in [3.05, 3.63) is 23.5 Å². The highest BCUT2D eigenvalue weighted by molar-refractivity contribution is 6.30. The van der Waals surface area contributed by atoms with Crippen molar-refractivity contribution in [3.63, 3.8) is 0 Å². The highest BCUT2D eigenvalue weighted by Gasteiger charge is 1.95. The van der Waals surface area contributed by atoms with Crippen molar-refractivity contribution in [3.8, 4) is 5.75 Å². The molecule has 0 bridgehead atoms. The van der Waals surface area contributed by atoms with Gasteiger partial charge in [0.2, 0.25) is 0 Å². The molecule has 0 amide bonds. The first-order valence-corrected chi connectivity index (χ1v) is 5.65. The van der Waals surface area contributed by atoms with E-state index in [1.807, 2.05) is 0 Å². The summed E-state index contributed by atoms with van der Waals surface area (Å²) in [6.45, 7) is 4.72. The van der Waals surface area contributed by atoms with Crippen LogP contribution in [-0.4, -0.2) is 24.7 Å². The minimum Gasteiger partial charge on any atom is -0.491 e. The molecule has 1 N–H and O–H groups in total. The van der Waals surface area contributed by atoms with Gasteiger partial charge >= 0.3 is 0 Å². The van der Waals surface area contributed by atoms with E-state index in [9.17, 15) is 0 Å². The minimum atomic E-state index is 0.603. The molecule has 0 aliphatic heterocycles. The molecule has 0 saturated carbocycles. The lowest BCUT2D eigenvalue weighted by Gasteiger charge is -2.06. The van der Waals surface area contributed by atoms with Crippen molar-refractivity contribution in [2.45, 2.75) is 19.8 Å². The summed E-state index contributed by atoms with van der Waals surface area (Å²) in [5.41, 5.74) is 0. The van der Waals surface area contributed by atoms with Crippen LogP contribution >= 0.6 is 11.6 Å². The lowest BCUT2D eigenvalue weighted by molar-refractivity contribution is 0.312. The van der Waals surface area contributed by atoms with Gasteiger partial charge in [-0.3, -0.25) is 4.98 Å². The van der Waals surface area contributed by atoms with E-state index < -0.39 is 0 Å². The van der Waals surface area contributed by atoms with E-state index in [-0.39, 0.29) is 0 Å². The van der Waals surface area contributed by atoms with E-state index in [1.54, 1.807) is 18.5 Å². The van der Waals surface area contributed by atoms with E-state index in [4.69, 9.17) is 16.3 Å². The summed E-state index contributed by atoms with van der Waals surface area (Å²) >= 11 is 5.77. The number of nitrogens with one attached hydrogen (secondary N) is 1. The maximum Gasteiger partial charge on any atom is 0.139 e. The molecule has 1 heterocycles. The number of hydrogen-bond acceptors (Lipinski definition) is 3. The molecule has 1 aromatic rings. The molecule has 0 unspecified atom stereocenters. The third kappa shape index (κ3) is 5.60. The van der Waals surface area contributed by atoms with Crippen molar-refractivity contribution in [2.75, 3.05) is 19.7 Å². The number of halogens is 1. The summed E-state index contributed by atoms with van der Waals surface area (Å²) in [6, 6.07) is 1.76. The third-order valence-corrected chi connectivity index (χ3v) is 2.14. The lowest BCUT2D eigenvalue weighted by Crippen LogP contribution is -2.21. The topological polar surface area (TPSA) is 34.1 Å². The van der Waals surface area contributed by atoms with Crippen LogP contribution in [0.3, 0.4) is 0 Å². The van der Waals surface area contributed by atoms with E-state index in [1.165, 1.54) is 12.8 Å². The van der Waals surface area contributed by atoms with Gasteiger partial charge in [-0.15, -0.1) is 0 Å². The molecule has 84 valence electrons. The van der Waals surface area contributed by atoms with Gasteiger partial charge < -0.3 is 10.1 Å². The number of ether oxygens (including phenoxy) is 1. The minimum absolute atomic E-state index is 0.603. The predicted molar refractivity (Wildman–Crippen MR) is 62.5 cm³/mol. The second kappa shape index (κ2) is 7.49. The Morgan fingerprint density at radius 1 is 1.40 bits per heavy atom. The molecule has 0 atom stereocenters. The highest BCUT2D eigenvalue weighted by atomic mass is 35.5. The summed E-state index contributed by atoms with van der Waals surface area (Å²) in [7, 11) is 0. The van der Waals surface area contributed by atoms with Crippen molar-refractivity contribution in [2.24, 2.45) is 0 Å². The number of pyridine rings is 1. The molecule has 0 radical (unpaired) electrons. The van der Waals surface area contributed by atoms with Gasteiger partial charge in [-0.2, -0.15) is 0 Å². The van der Waals surface area contributed by atoms with Gasteiger partial charge in [-0.1, -0.05) is 24.9 Å². The molecular weight excluding hydrogens is 212 g/mol. The van der Waals surface area contributed by atoms with Crippen LogP contribution in [-0.2, 0) is 0 Å². The molecule has 1 rings (SSSR count). The average Bonchev–Trinajstić information content (AvgIpc) is 2.23. The van der Waals surface area contributed by atoms with Gasteiger partial charge in [0.25, 0.3) is 0 Å². The number of aromatic nitrogens is 1. The van der Waals surface area contributed by atoms with Crippen molar-refractivity contribution in [1.82, 2.24) is 10.3 Å². The molecule has 0 spiro atoms. The van der Waals surface area contributed by atoms with Gasteiger partial charge in [0.15, 0.2) is 0 Å². The Morgan fingerprint density at radius 2 is 2.27 bits per heavy atom. The molecule has 15 heavy (non-hydrogen) atoms. The Morgan fingerprint density at radius 3 is 3.00 bits per heavy atom. The fourth-order valence-electron chi connectivity index (χ4n) is 1.14. The summed E-state index contributed by atoms with van der Waals surface area (Å²) in [5.74, 6) is 0.722. The van der Waals surface area contributed by atoms with Crippen LogP contribution in [0.2, 0.25) is 5.02 Å². The molecule has 0 aromatic carbocycles. The summed E-state index contributed by atoms with van der Waals surface area (Å²) < 4.78 is 5.46. The summed E-state index contributed by atoms with van der Waals surface area (Å²) in [5, 5.41) is 3.90. The van der Waals surface area contributed by atoms with Crippen LogP contribution in [0.25, 0.3) is 0 Å². The van der Waals surface area contributed by atoms with Crippen LogP contribution in [0.5, 0.6) is 5.75 Å². The van der Waals surface area contributed by atoms with Gasteiger partial charge in [0.1, 0.15) is 12.4 Å². The maximum absolute atomic E-state index is 5.77. The van der Waals surface area contributed by atoms with E-state index in [0.717, 1.165) is 18.8 Å². The molecule has 1 aromatic heterocycles. The highest BCUT2D eigenvalue weighted by Crippen LogP contribution is 2.14. The van der Waals surface area contributed by atoms with Crippen LogP contribution in [0.1, 0.15) is 19.8 Å². The molecule has 0 saturated heterocycles. The third-order valence-electron chi connectivity index (χ3n) is 1.93. The van der Waals surface area contributed by atoms with Crippen molar-refractivity contribution >= 4 is 11.6 Å². The number of unbranched alkanes of at least 4 members (excludes halogenated alkanes) is 1. The van der Waals surface area contributed by atoms with E-state index in [2.05, 4.69) is 17.2 Å². The van der Waals surface area contributed by atoms with E-state index in [0.29, 0.717) is 11.6 Å². The van der Waals surface area contributed by atoms with Crippen LogP contribution in [0.15, 0.2) is 18.5 Å². The number of hydrogen-bond donors (Lipinski definition) is 1. The summed E-state index contributed by atoms with van der Waals surface area (Å²) in [4.78, 5) is 3.94. The fraction of sp³-hybridized carbons (Fsp3) is 0.545. The zero-order chi connectivity index (χ0) is 10.9. The molecule has 4 heteroatoms. The SMILES string of the molecule is CCCCNCCOc1cncc(Cl)c1. The zero-order valence-electron chi connectivity index (χ0n) is 9.00. The maximum atomic E-state index is 5.77. The molecule has 3 nitrogen and oxygen atoms in total. The molecule has 0 aliphatic rings. The zero-order valence-corrected chi connectivity index (χ0v) is 9.76. The first-order chi connectivity index (χ1) is 7.33. The quantitative estimate of drug-likeness (QED) is 0.729. The Balaban J connectivity index is 2.10. The van der Waals surface area contributed by atoms with Crippen LogP contribution < -0.4 is 10.1 Å². The number of nitrogens with zero attached hydrogens (tertiary/aromatic N) is 1. The molecule has 0 aliphatic carbocycles. The first kappa shape index (κ1) is 12.3. The van der Waals surface area contributed by atoms with E-state index >= 15 is 0 Å². The van der Waals surface area contributed by atoms with Crippen LogP contribution in [0, 0.1) is 0 Å². The largest absolute Gasteiger partial charge is 0.491 e. The monoisotopic (exact) mass is 228 g/mol. The second-order valence-electron chi connectivity index (χ2n) is 3.29. The Labute approximate surface area is 95.8 Å². The van der Waals surface area contributed by atoms with Crippen LogP contribution in [0.4, 0.5) is 0 Å². The Bertz CT molecular complexity index is 281. The normalized spacial score (nSPS) is 10.3. The standard InChI is InChI=1S/C11H17ClN2O/c1-2-3-4-13-5-6-15-11-7-10(12)8-14-9-11/h7-9,13H,2-6H2,1H3. The van der Waals surface area contributed by atoms with Gasteiger partial charge in [0, 0.05) is 18.8 Å². The second-order valence-corrected chi connectivity index (χ2v) is 3.73. The smallest absolute Gasteiger partial charge is 0.139 e. The number of rotatable bonds is 7. The molecule has 0 fully saturated rings. The fourth-order valence-corrected chi connectivity index (χ4v) is 1.30. The predicted octanol–water partition coefficient (Wildman–Crippen LogP) is 2.50. The Kier molecular flexibility index (Phi) is 6.12. The average molecular weight is 229 g/mol. The molecular formula is C11H17ClN2O. The van der Waals surface area contributed by atoms with Crippen molar-refractivity contribution in [1.29, 1.82) is 0 Å². The van der Waals surface area contributed by atoms with Crippen molar-refractivity contribution < 1.29 is 4.74 Å². The lowest BCUT2D eigenvalue weighted by atomic mass is 10.3. The Hall–Kier alpha value is -0.800.